The van der Waals surface area contributed by atoms with E-state index in [0.717, 1.165) is 11.6 Å². The second-order valence-electron chi connectivity index (χ2n) is 6.36. The van der Waals surface area contributed by atoms with E-state index in [0.29, 0.717) is 0 Å². The largest absolute Gasteiger partial charge is 0.320 e. The fourth-order valence-corrected chi connectivity index (χ4v) is 3.29. The van der Waals surface area contributed by atoms with Gasteiger partial charge in [-0.2, -0.15) is 0 Å². The first-order valence-corrected chi connectivity index (χ1v) is 9.13. The van der Waals surface area contributed by atoms with Gasteiger partial charge in [-0.05, 0) is 31.4 Å². The summed E-state index contributed by atoms with van der Waals surface area (Å²) in [4.78, 5) is 0. The minimum Gasteiger partial charge on any atom is -0.320 e. The van der Waals surface area contributed by atoms with Crippen molar-refractivity contribution in [3.63, 3.8) is 0 Å². The molecule has 120 valence electrons. The molecule has 1 aromatic carbocycles. The van der Waals surface area contributed by atoms with E-state index in [2.05, 4.69) is 39.0 Å². The summed E-state index contributed by atoms with van der Waals surface area (Å²) < 4.78 is 1.25. The molecule has 1 rings (SSSR count). The summed E-state index contributed by atoms with van der Waals surface area (Å²) >= 11 is 6.18. The summed E-state index contributed by atoms with van der Waals surface area (Å²) in [6.45, 7) is 12.0. The van der Waals surface area contributed by atoms with E-state index in [1.807, 2.05) is 6.07 Å². The average molecular weight is 311 g/mol. The predicted octanol–water partition coefficient (Wildman–Crippen LogP) is 6.06. The molecule has 0 saturated heterocycles. The van der Waals surface area contributed by atoms with E-state index in [4.69, 9.17) is 11.6 Å². The van der Waals surface area contributed by atoms with Crippen molar-refractivity contribution < 1.29 is 4.48 Å². The van der Waals surface area contributed by atoms with Gasteiger partial charge >= 0.3 is 0 Å². The standard InChI is InChI=1S/C19H33ClN/c1-4-7-13-21(14-8-5-2,15-9-6-3)17-18-11-10-12-19(20)16-18/h10-12,16H,4-9,13-15,17H2,1-3H3/q+1. The molecule has 0 aliphatic heterocycles. The SMILES string of the molecule is CCCC[N+](CCCC)(CCCC)Cc1cccc(Cl)c1. The third kappa shape index (κ3) is 6.84. The molecule has 0 amide bonds. The molecular weight excluding hydrogens is 278 g/mol. The average Bonchev–Trinajstić information content (AvgIpc) is 2.48. The zero-order valence-corrected chi connectivity index (χ0v) is 15.0. The first-order valence-electron chi connectivity index (χ1n) is 8.75. The Hall–Kier alpha value is -0.530. The van der Waals surface area contributed by atoms with Crippen molar-refractivity contribution in [3.05, 3.63) is 34.9 Å². The Morgan fingerprint density at radius 1 is 0.857 bits per heavy atom. The van der Waals surface area contributed by atoms with Crippen LogP contribution in [0.3, 0.4) is 0 Å². The molecule has 2 heteroatoms. The number of rotatable bonds is 11. The van der Waals surface area contributed by atoms with Crippen LogP contribution in [0.25, 0.3) is 0 Å². The van der Waals surface area contributed by atoms with Gasteiger partial charge in [-0.1, -0.05) is 63.8 Å². The Balaban J connectivity index is 2.88. The van der Waals surface area contributed by atoms with E-state index in [9.17, 15) is 0 Å². The highest BCUT2D eigenvalue weighted by atomic mass is 35.5. The Kier molecular flexibility index (Phi) is 9.03. The second-order valence-corrected chi connectivity index (χ2v) is 6.80. The van der Waals surface area contributed by atoms with Crippen molar-refractivity contribution >= 4 is 11.6 Å². The van der Waals surface area contributed by atoms with Crippen LogP contribution in [0.2, 0.25) is 5.02 Å². The minimum atomic E-state index is 0.868. The summed E-state index contributed by atoms with van der Waals surface area (Å²) in [6, 6.07) is 8.46. The van der Waals surface area contributed by atoms with Crippen molar-refractivity contribution in [2.24, 2.45) is 0 Å². The van der Waals surface area contributed by atoms with Gasteiger partial charge in [0.25, 0.3) is 0 Å². The Bertz CT molecular complexity index is 367. The van der Waals surface area contributed by atoms with Crippen molar-refractivity contribution in [2.45, 2.75) is 65.8 Å². The number of unbranched alkanes of at least 4 members (excludes halogenated alkanes) is 3. The third-order valence-electron chi connectivity index (χ3n) is 4.37. The van der Waals surface area contributed by atoms with Crippen molar-refractivity contribution in [2.75, 3.05) is 19.6 Å². The van der Waals surface area contributed by atoms with Crippen LogP contribution in [0.4, 0.5) is 0 Å². The summed E-state index contributed by atoms with van der Waals surface area (Å²) in [6.07, 6.45) is 7.84. The quantitative estimate of drug-likeness (QED) is 0.436. The molecule has 1 aromatic rings. The molecule has 21 heavy (non-hydrogen) atoms. The number of halogens is 1. The van der Waals surface area contributed by atoms with Crippen LogP contribution in [-0.2, 0) is 6.54 Å². The maximum absolute atomic E-state index is 6.18. The van der Waals surface area contributed by atoms with E-state index in [-0.39, 0.29) is 0 Å². The fraction of sp³-hybridized carbons (Fsp3) is 0.684. The second kappa shape index (κ2) is 10.2. The zero-order valence-electron chi connectivity index (χ0n) is 14.2. The molecule has 0 aromatic heterocycles. The number of hydrogen-bond donors (Lipinski definition) is 0. The van der Waals surface area contributed by atoms with Crippen LogP contribution in [0, 0.1) is 0 Å². The molecule has 0 unspecified atom stereocenters. The summed E-state index contributed by atoms with van der Waals surface area (Å²) in [5, 5.41) is 0.868. The van der Waals surface area contributed by atoms with Crippen molar-refractivity contribution in [3.8, 4) is 0 Å². The van der Waals surface area contributed by atoms with Crippen LogP contribution < -0.4 is 0 Å². The highest BCUT2D eigenvalue weighted by Gasteiger charge is 2.26. The van der Waals surface area contributed by atoms with E-state index in [1.54, 1.807) is 0 Å². The maximum Gasteiger partial charge on any atom is 0.104 e. The molecule has 0 aliphatic rings. The molecular formula is C19H33ClN+. The van der Waals surface area contributed by atoms with E-state index >= 15 is 0 Å². The molecule has 0 aliphatic carbocycles. The first-order chi connectivity index (χ1) is 10.2. The molecule has 0 saturated carbocycles. The Labute approximate surface area is 136 Å². The van der Waals surface area contributed by atoms with Gasteiger partial charge in [0, 0.05) is 10.6 Å². The van der Waals surface area contributed by atoms with E-state index in [1.165, 1.54) is 68.2 Å². The topological polar surface area (TPSA) is 0 Å². The highest BCUT2D eigenvalue weighted by molar-refractivity contribution is 6.30. The van der Waals surface area contributed by atoms with Crippen molar-refractivity contribution in [1.29, 1.82) is 0 Å². The van der Waals surface area contributed by atoms with Gasteiger partial charge in [-0.25, -0.2) is 0 Å². The van der Waals surface area contributed by atoms with Gasteiger partial charge in [0.05, 0.1) is 19.6 Å². The molecule has 0 N–H and O–H groups in total. The minimum absolute atomic E-state index is 0.868. The third-order valence-corrected chi connectivity index (χ3v) is 4.60. The number of quaternary nitrogens is 1. The van der Waals surface area contributed by atoms with Gasteiger partial charge in [0.15, 0.2) is 0 Å². The molecule has 0 bridgehead atoms. The van der Waals surface area contributed by atoms with E-state index < -0.39 is 0 Å². The number of hydrogen-bond acceptors (Lipinski definition) is 0. The van der Waals surface area contributed by atoms with Crippen LogP contribution in [0.1, 0.15) is 64.9 Å². The summed E-state index contributed by atoms with van der Waals surface area (Å²) in [5.41, 5.74) is 1.39. The summed E-state index contributed by atoms with van der Waals surface area (Å²) in [7, 11) is 0. The predicted molar refractivity (Wildman–Crippen MR) is 94.7 cm³/mol. The molecule has 0 fully saturated rings. The lowest BCUT2D eigenvalue weighted by atomic mass is 10.1. The lowest BCUT2D eigenvalue weighted by Crippen LogP contribution is -2.49. The molecule has 0 heterocycles. The van der Waals surface area contributed by atoms with Crippen LogP contribution in [0.5, 0.6) is 0 Å². The van der Waals surface area contributed by atoms with Gasteiger partial charge < -0.3 is 4.48 Å². The molecule has 0 radical (unpaired) electrons. The maximum atomic E-state index is 6.18. The zero-order chi connectivity index (χ0) is 15.6. The number of benzene rings is 1. The lowest BCUT2D eigenvalue weighted by molar-refractivity contribution is -0.941. The van der Waals surface area contributed by atoms with Gasteiger partial charge in [0.2, 0.25) is 0 Å². The van der Waals surface area contributed by atoms with Gasteiger partial charge in [-0.15, -0.1) is 0 Å². The monoisotopic (exact) mass is 310 g/mol. The Morgan fingerprint density at radius 2 is 1.38 bits per heavy atom. The van der Waals surface area contributed by atoms with Crippen LogP contribution in [-0.4, -0.2) is 24.1 Å². The van der Waals surface area contributed by atoms with Crippen LogP contribution in [0.15, 0.2) is 24.3 Å². The lowest BCUT2D eigenvalue weighted by Gasteiger charge is -2.39. The normalized spacial score (nSPS) is 11.8. The highest BCUT2D eigenvalue weighted by Crippen LogP contribution is 2.21. The van der Waals surface area contributed by atoms with Gasteiger partial charge in [0.1, 0.15) is 6.54 Å². The molecule has 1 nitrogen and oxygen atoms in total. The first kappa shape index (κ1) is 18.5. The Morgan fingerprint density at radius 3 is 1.81 bits per heavy atom. The van der Waals surface area contributed by atoms with Crippen molar-refractivity contribution in [1.82, 2.24) is 0 Å². The summed E-state index contributed by atoms with van der Waals surface area (Å²) in [5.74, 6) is 0. The van der Waals surface area contributed by atoms with Crippen LogP contribution >= 0.6 is 11.6 Å². The smallest absolute Gasteiger partial charge is 0.104 e. The molecule has 0 atom stereocenters. The number of nitrogens with zero attached hydrogens (tertiary/aromatic N) is 1. The molecule has 0 spiro atoms. The fourth-order valence-electron chi connectivity index (χ4n) is 3.08. The van der Waals surface area contributed by atoms with Gasteiger partial charge in [-0.3, -0.25) is 0 Å².